The Bertz CT molecular complexity index is 1340. The molecule has 0 bridgehead atoms. The van der Waals surface area contributed by atoms with Gasteiger partial charge in [-0.25, -0.2) is 0 Å². The van der Waals surface area contributed by atoms with E-state index >= 15 is 0 Å². The minimum Gasteiger partial charge on any atom is -0.490 e. The third-order valence-electron chi connectivity index (χ3n) is 8.05. The van der Waals surface area contributed by atoms with Crippen molar-refractivity contribution in [3.8, 4) is 11.5 Å². The molecule has 10 heteroatoms. The summed E-state index contributed by atoms with van der Waals surface area (Å²) in [5, 5.41) is 3.17. The van der Waals surface area contributed by atoms with Crippen molar-refractivity contribution in [2.75, 3.05) is 31.1 Å². The highest BCUT2D eigenvalue weighted by molar-refractivity contribution is 5.83. The Hall–Kier alpha value is -3.79. The second kappa shape index (κ2) is 11.6. The number of carbonyl (C=O) groups excluding carboxylic acids is 1. The topological polar surface area (TPSA) is 66.9 Å². The molecule has 4 heterocycles. The van der Waals surface area contributed by atoms with Crippen LogP contribution in [0.1, 0.15) is 36.0 Å². The van der Waals surface area contributed by atoms with Crippen LogP contribution in [0.4, 0.5) is 18.9 Å². The van der Waals surface area contributed by atoms with Crippen LogP contribution < -0.4 is 19.7 Å². The van der Waals surface area contributed by atoms with Gasteiger partial charge in [0.1, 0.15) is 17.6 Å². The van der Waals surface area contributed by atoms with Crippen LogP contribution in [-0.2, 0) is 23.9 Å². The van der Waals surface area contributed by atoms with Gasteiger partial charge in [-0.2, -0.15) is 13.2 Å². The molecular weight excluding hydrogens is 533 g/mol. The second-order valence-corrected chi connectivity index (χ2v) is 11.0. The molecule has 1 unspecified atom stereocenters. The van der Waals surface area contributed by atoms with Crippen LogP contribution in [0.15, 0.2) is 67.0 Å². The summed E-state index contributed by atoms with van der Waals surface area (Å²) in [6.07, 6.45) is 1.69. The predicted molar refractivity (Wildman–Crippen MR) is 148 cm³/mol. The van der Waals surface area contributed by atoms with Crippen molar-refractivity contribution >= 4 is 11.6 Å². The van der Waals surface area contributed by atoms with Crippen molar-refractivity contribution in [2.24, 2.45) is 0 Å². The first-order valence-electron chi connectivity index (χ1n) is 14.1. The molecule has 0 saturated carbocycles. The van der Waals surface area contributed by atoms with Crippen LogP contribution in [0, 0.1) is 0 Å². The number of anilines is 1. The lowest BCUT2D eigenvalue weighted by molar-refractivity contribution is -0.137. The van der Waals surface area contributed by atoms with Gasteiger partial charge in [0.15, 0.2) is 6.10 Å². The van der Waals surface area contributed by atoms with E-state index in [2.05, 4.69) is 26.2 Å². The number of nitrogens with one attached hydrogen (secondary N) is 1. The van der Waals surface area contributed by atoms with Crippen molar-refractivity contribution in [3.05, 3.63) is 83.7 Å². The zero-order chi connectivity index (χ0) is 28.4. The molecule has 2 aromatic carbocycles. The maximum atomic E-state index is 13.0. The van der Waals surface area contributed by atoms with E-state index in [1.54, 1.807) is 6.20 Å². The summed E-state index contributed by atoms with van der Waals surface area (Å²) in [5.74, 6) is 1.36. The van der Waals surface area contributed by atoms with Crippen LogP contribution in [-0.4, -0.2) is 60.2 Å². The van der Waals surface area contributed by atoms with Gasteiger partial charge in [0.2, 0.25) is 0 Å². The fourth-order valence-corrected chi connectivity index (χ4v) is 5.87. The Labute approximate surface area is 237 Å². The molecule has 0 spiro atoms. The number of hydrogen-bond acceptors (Lipinski definition) is 6. The van der Waals surface area contributed by atoms with Gasteiger partial charge < -0.3 is 19.7 Å². The minimum absolute atomic E-state index is 0.0112. The lowest BCUT2D eigenvalue weighted by Crippen LogP contribution is -2.44. The molecule has 6 rings (SSSR count). The Balaban J connectivity index is 0.964. The predicted octanol–water partition coefficient (Wildman–Crippen LogP) is 4.84. The molecule has 7 nitrogen and oxygen atoms in total. The van der Waals surface area contributed by atoms with Gasteiger partial charge in [-0.3, -0.25) is 14.7 Å². The van der Waals surface area contributed by atoms with E-state index in [0.29, 0.717) is 25.3 Å². The van der Waals surface area contributed by atoms with Crippen molar-refractivity contribution in [2.45, 2.75) is 56.7 Å². The van der Waals surface area contributed by atoms with Crippen LogP contribution in [0.3, 0.4) is 0 Å². The number of pyridine rings is 1. The first-order chi connectivity index (χ1) is 19.8. The van der Waals surface area contributed by atoms with Gasteiger partial charge in [-0.15, -0.1) is 0 Å². The highest BCUT2D eigenvalue weighted by Crippen LogP contribution is 2.34. The molecule has 1 N–H and O–H groups in total. The number of aromatic nitrogens is 1. The lowest BCUT2D eigenvalue weighted by Gasteiger charge is -2.34. The standard InChI is InChI=1S/C31H33F3N4O3/c32-31(33,34)23-3-5-25(6-4-23)38-14-10-26(11-15-38)40-27-7-8-28-22(16-27)17-29(41-28)30(39)36-24-9-13-37(20-24)19-21-2-1-12-35-18-21/h1-8,12,16,18,24,26,29H,9-11,13-15,17,19-20H2,(H,36,39)/t24-,29?/m1/s1. The van der Waals surface area contributed by atoms with Gasteiger partial charge in [0, 0.05) is 81.7 Å². The maximum absolute atomic E-state index is 13.0. The maximum Gasteiger partial charge on any atom is 0.416 e. The molecule has 2 fully saturated rings. The SMILES string of the molecule is O=C(N[C@@H]1CCN(Cc2cccnc2)C1)C1Cc2cc(OC3CCN(c4ccc(C(F)(F)F)cc4)CC3)ccc2O1. The third-order valence-corrected chi connectivity index (χ3v) is 8.05. The normalized spacial score (nSPS) is 21.4. The van der Waals surface area contributed by atoms with Crippen LogP contribution in [0.5, 0.6) is 11.5 Å². The van der Waals surface area contributed by atoms with Crippen LogP contribution in [0.2, 0.25) is 0 Å². The van der Waals surface area contributed by atoms with E-state index in [1.165, 1.54) is 12.1 Å². The van der Waals surface area contributed by atoms with E-state index in [-0.39, 0.29) is 18.1 Å². The Morgan fingerprint density at radius 1 is 1.05 bits per heavy atom. The van der Waals surface area contributed by atoms with Gasteiger partial charge in [-0.1, -0.05) is 6.07 Å². The van der Waals surface area contributed by atoms with Gasteiger partial charge in [0.05, 0.1) is 5.56 Å². The Kier molecular flexibility index (Phi) is 7.75. The molecule has 0 radical (unpaired) electrons. The Morgan fingerprint density at radius 2 is 1.85 bits per heavy atom. The minimum atomic E-state index is -4.33. The van der Waals surface area contributed by atoms with Crippen LogP contribution >= 0.6 is 0 Å². The zero-order valence-electron chi connectivity index (χ0n) is 22.6. The highest BCUT2D eigenvalue weighted by atomic mass is 19.4. The first kappa shape index (κ1) is 27.4. The Morgan fingerprint density at radius 3 is 2.59 bits per heavy atom. The summed E-state index contributed by atoms with van der Waals surface area (Å²) in [4.78, 5) is 21.6. The number of carbonyl (C=O) groups is 1. The number of hydrogen-bond donors (Lipinski definition) is 1. The summed E-state index contributed by atoms with van der Waals surface area (Å²) in [6.45, 7) is 3.95. The molecule has 1 aromatic heterocycles. The number of nitrogens with zero attached hydrogens (tertiary/aromatic N) is 3. The fourth-order valence-electron chi connectivity index (χ4n) is 5.87. The van der Waals surface area contributed by atoms with Gasteiger partial charge in [0.25, 0.3) is 5.91 Å². The van der Waals surface area contributed by atoms with Gasteiger partial charge >= 0.3 is 6.18 Å². The van der Waals surface area contributed by atoms with Crippen molar-refractivity contribution in [1.29, 1.82) is 0 Å². The number of ether oxygens (including phenoxy) is 2. The number of amides is 1. The number of fused-ring (bicyclic) bond motifs is 1. The molecular formula is C31H33F3N4O3. The molecule has 3 aliphatic heterocycles. The second-order valence-electron chi connectivity index (χ2n) is 11.0. The number of piperidine rings is 1. The zero-order valence-corrected chi connectivity index (χ0v) is 22.6. The van der Waals surface area contributed by atoms with E-state index < -0.39 is 17.8 Å². The number of rotatable bonds is 7. The van der Waals surface area contributed by atoms with Crippen molar-refractivity contribution in [1.82, 2.24) is 15.2 Å². The highest BCUT2D eigenvalue weighted by Gasteiger charge is 2.33. The first-order valence-corrected chi connectivity index (χ1v) is 14.1. The van der Waals surface area contributed by atoms with Crippen LogP contribution in [0.25, 0.3) is 0 Å². The van der Waals surface area contributed by atoms with Gasteiger partial charge in [-0.05, 0) is 60.5 Å². The van der Waals surface area contributed by atoms with E-state index in [0.717, 1.165) is 73.6 Å². The molecule has 1 amide bonds. The van der Waals surface area contributed by atoms with E-state index in [4.69, 9.17) is 9.47 Å². The number of likely N-dealkylation sites (tertiary alicyclic amines) is 1. The molecule has 3 aromatic rings. The summed E-state index contributed by atoms with van der Waals surface area (Å²) < 4.78 is 50.8. The van der Waals surface area contributed by atoms with E-state index in [9.17, 15) is 18.0 Å². The summed E-state index contributed by atoms with van der Waals surface area (Å²) in [6, 6.07) is 15.1. The number of alkyl halides is 3. The quantitative estimate of drug-likeness (QED) is 0.442. The monoisotopic (exact) mass is 566 g/mol. The largest absolute Gasteiger partial charge is 0.490 e. The average Bonchev–Trinajstić information content (AvgIpc) is 3.60. The lowest BCUT2D eigenvalue weighted by atomic mass is 10.1. The summed E-state index contributed by atoms with van der Waals surface area (Å²) in [5.41, 5.74) is 2.27. The van der Waals surface area contributed by atoms with Crippen molar-refractivity contribution in [3.63, 3.8) is 0 Å². The molecule has 216 valence electrons. The molecule has 2 atom stereocenters. The number of halogens is 3. The third kappa shape index (κ3) is 6.59. The fraction of sp³-hybridized carbons (Fsp3) is 0.419. The number of benzene rings is 2. The summed E-state index contributed by atoms with van der Waals surface area (Å²) in [7, 11) is 0. The van der Waals surface area contributed by atoms with Crippen molar-refractivity contribution < 1.29 is 27.4 Å². The average molecular weight is 567 g/mol. The van der Waals surface area contributed by atoms with E-state index in [1.807, 2.05) is 30.5 Å². The molecule has 0 aliphatic carbocycles. The summed E-state index contributed by atoms with van der Waals surface area (Å²) >= 11 is 0. The molecule has 2 saturated heterocycles. The molecule has 41 heavy (non-hydrogen) atoms. The molecule has 3 aliphatic rings. The smallest absolute Gasteiger partial charge is 0.416 e.